The number of piperazine rings is 1. The van der Waals surface area contributed by atoms with E-state index in [1.54, 1.807) is 0 Å². The third kappa shape index (κ3) is 4.74. The molecule has 1 amide bonds. The number of anilines is 1. The van der Waals surface area contributed by atoms with E-state index in [4.69, 9.17) is 9.97 Å². The first kappa shape index (κ1) is 22.5. The van der Waals surface area contributed by atoms with Crippen molar-refractivity contribution in [3.63, 3.8) is 0 Å². The molecule has 1 aliphatic carbocycles. The number of hydrogen-bond acceptors (Lipinski definition) is 5. The molecule has 0 N–H and O–H groups in total. The fraction of sp³-hybridized carbons (Fsp3) is 0.720. The van der Waals surface area contributed by atoms with E-state index in [1.165, 1.54) is 33.5 Å². The zero-order valence-electron chi connectivity index (χ0n) is 20.1. The summed E-state index contributed by atoms with van der Waals surface area (Å²) in [5.41, 5.74) is 1.53. The lowest BCUT2D eigenvalue weighted by Crippen LogP contribution is -2.49. The number of carbonyl (C=O) groups is 1. The van der Waals surface area contributed by atoms with Crippen LogP contribution in [-0.2, 0) is 17.6 Å². The molecule has 2 aromatic heterocycles. The molecule has 1 fully saturated rings. The van der Waals surface area contributed by atoms with Gasteiger partial charge in [-0.15, -0.1) is 11.3 Å². The number of fused-ring (bicyclic) bond motifs is 3. The van der Waals surface area contributed by atoms with Crippen molar-refractivity contribution in [3.05, 3.63) is 16.3 Å². The Morgan fingerprint density at radius 1 is 1.19 bits per heavy atom. The highest BCUT2D eigenvalue weighted by Crippen LogP contribution is 2.42. The minimum Gasteiger partial charge on any atom is -0.352 e. The van der Waals surface area contributed by atoms with E-state index in [0.29, 0.717) is 12.3 Å². The molecule has 170 valence electrons. The van der Waals surface area contributed by atoms with Crippen molar-refractivity contribution in [2.45, 2.75) is 79.6 Å². The number of thiophene rings is 1. The summed E-state index contributed by atoms with van der Waals surface area (Å²) in [7, 11) is 0. The van der Waals surface area contributed by atoms with Gasteiger partial charge >= 0.3 is 0 Å². The summed E-state index contributed by atoms with van der Waals surface area (Å²) < 4.78 is 0. The molecular weight excluding hydrogens is 404 g/mol. The lowest BCUT2D eigenvalue weighted by atomic mass is 9.89. The lowest BCUT2D eigenvalue weighted by molar-refractivity contribution is -0.133. The summed E-state index contributed by atoms with van der Waals surface area (Å²) in [4.78, 5) is 30.0. The standard InChI is InChI=1S/C25H38N4OS/c1-7-17(3)22-26-23(21-18-9-8-16(2)14-19(18)31-24(21)27-22)29-12-10-28(11-13-29)20(30)15-25(4,5)6/h16-17H,7-15H2,1-6H3/t16-,17+/m0/s1. The maximum absolute atomic E-state index is 12.7. The molecule has 2 atom stereocenters. The van der Waals surface area contributed by atoms with Crippen molar-refractivity contribution < 1.29 is 4.79 Å². The highest BCUT2D eigenvalue weighted by molar-refractivity contribution is 7.19. The molecule has 0 radical (unpaired) electrons. The minimum absolute atomic E-state index is 0.0328. The molecule has 6 heteroatoms. The Kier molecular flexibility index (Phi) is 6.30. The molecule has 3 heterocycles. The molecule has 0 unspecified atom stereocenters. The van der Waals surface area contributed by atoms with Crippen LogP contribution in [0.4, 0.5) is 5.82 Å². The van der Waals surface area contributed by atoms with Gasteiger partial charge in [0.25, 0.3) is 0 Å². The van der Waals surface area contributed by atoms with E-state index in [0.717, 1.165) is 56.6 Å². The van der Waals surface area contributed by atoms with Gasteiger partial charge < -0.3 is 9.80 Å². The van der Waals surface area contributed by atoms with Crippen molar-refractivity contribution in [2.24, 2.45) is 11.3 Å². The van der Waals surface area contributed by atoms with Gasteiger partial charge in [-0.3, -0.25) is 4.79 Å². The van der Waals surface area contributed by atoms with Gasteiger partial charge in [-0.25, -0.2) is 9.97 Å². The van der Waals surface area contributed by atoms with E-state index < -0.39 is 0 Å². The SMILES string of the molecule is CC[C@@H](C)c1nc(N2CCN(C(=O)CC(C)(C)C)CC2)c2c3c(sc2n1)C[C@@H](C)CC3. The lowest BCUT2D eigenvalue weighted by Gasteiger charge is -2.37. The Morgan fingerprint density at radius 3 is 2.55 bits per heavy atom. The van der Waals surface area contributed by atoms with Crippen LogP contribution in [0.15, 0.2) is 0 Å². The first-order chi connectivity index (χ1) is 14.7. The van der Waals surface area contributed by atoms with Crippen molar-refractivity contribution in [1.82, 2.24) is 14.9 Å². The summed E-state index contributed by atoms with van der Waals surface area (Å²) in [5, 5.41) is 1.30. The number of aromatic nitrogens is 2. The quantitative estimate of drug-likeness (QED) is 0.635. The molecule has 31 heavy (non-hydrogen) atoms. The zero-order chi connectivity index (χ0) is 22.3. The van der Waals surface area contributed by atoms with Crippen LogP contribution in [0.1, 0.15) is 83.0 Å². The second-order valence-electron chi connectivity index (χ2n) is 10.9. The van der Waals surface area contributed by atoms with E-state index in [-0.39, 0.29) is 11.3 Å². The number of amides is 1. The Bertz CT molecular complexity index is 953. The molecule has 1 aliphatic heterocycles. The van der Waals surface area contributed by atoms with Crippen LogP contribution in [0.25, 0.3) is 10.2 Å². The van der Waals surface area contributed by atoms with Gasteiger partial charge in [0.05, 0.1) is 5.39 Å². The highest BCUT2D eigenvalue weighted by Gasteiger charge is 2.30. The summed E-state index contributed by atoms with van der Waals surface area (Å²) in [6.45, 7) is 16.5. The second-order valence-corrected chi connectivity index (χ2v) is 11.9. The van der Waals surface area contributed by atoms with Crippen molar-refractivity contribution >= 4 is 33.3 Å². The Balaban J connectivity index is 1.64. The molecule has 1 saturated heterocycles. The summed E-state index contributed by atoms with van der Waals surface area (Å²) >= 11 is 1.89. The highest BCUT2D eigenvalue weighted by atomic mass is 32.1. The molecule has 0 spiro atoms. The van der Waals surface area contributed by atoms with Crippen molar-refractivity contribution in [1.29, 1.82) is 0 Å². The van der Waals surface area contributed by atoms with Crippen LogP contribution < -0.4 is 4.90 Å². The molecule has 0 aromatic carbocycles. The maximum atomic E-state index is 12.7. The Labute approximate surface area is 191 Å². The van der Waals surface area contributed by atoms with Crippen LogP contribution in [0.3, 0.4) is 0 Å². The van der Waals surface area contributed by atoms with Crippen LogP contribution in [-0.4, -0.2) is 47.0 Å². The third-order valence-corrected chi connectivity index (χ3v) is 7.97. The molecule has 4 rings (SSSR count). The van der Waals surface area contributed by atoms with Crippen LogP contribution in [0.2, 0.25) is 0 Å². The maximum Gasteiger partial charge on any atom is 0.223 e. The number of rotatable bonds is 4. The summed E-state index contributed by atoms with van der Waals surface area (Å²) in [5.74, 6) is 3.49. The second kappa shape index (κ2) is 8.68. The van der Waals surface area contributed by atoms with Gasteiger partial charge in [-0.2, -0.15) is 0 Å². The monoisotopic (exact) mass is 442 g/mol. The molecule has 0 saturated carbocycles. The molecule has 0 bridgehead atoms. The Morgan fingerprint density at radius 2 is 1.90 bits per heavy atom. The summed E-state index contributed by atoms with van der Waals surface area (Å²) in [6, 6.07) is 0. The first-order valence-electron chi connectivity index (χ1n) is 12.0. The summed E-state index contributed by atoms with van der Waals surface area (Å²) in [6.07, 6.45) is 5.21. The predicted octanol–water partition coefficient (Wildman–Crippen LogP) is 5.41. The van der Waals surface area contributed by atoms with Gasteiger partial charge in [0.1, 0.15) is 16.5 Å². The average Bonchev–Trinajstić information content (AvgIpc) is 3.08. The van der Waals surface area contributed by atoms with Crippen LogP contribution >= 0.6 is 11.3 Å². The third-order valence-electron chi connectivity index (χ3n) is 6.82. The van der Waals surface area contributed by atoms with E-state index >= 15 is 0 Å². The van der Waals surface area contributed by atoms with Gasteiger partial charge in [-0.05, 0) is 42.6 Å². The molecule has 5 nitrogen and oxygen atoms in total. The number of aryl methyl sites for hydroxylation is 1. The van der Waals surface area contributed by atoms with E-state index in [9.17, 15) is 4.79 Å². The minimum atomic E-state index is 0.0328. The fourth-order valence-electron chi connectivity index (χ4n) is 4.70. The first-order valence-corrected chi connectivity index (χ1v) is 12.8. The molecular formula is C25H38N4OS. The predicted molar refractivity (Wildman–Crippen MR) is 130 cm³/mol. The normalized spacial score (nSPS) is 20.8. The topological polar surface area (TPSA) is 49.3 Å². The number of hydrogen-bond donors (Lipinski definition) is 0. The van der Waals surface area contributed by atoms with Gasteiger partial charge in [-0.1, -0.05) is 41.5 Å². The van der Waals surface area contributed by atoms with Gasteiger partial charge in [0.15, 0.2) is 0 Å². The average molecular weight is 443 g/mol. The fourth-order valence-corrected chi connectivity index (χ4v) is 6.09. The van der Waals surface area contributed by atoms with Crippen molar-refractivity contribution in [3.8, 4) is 0 Å². The Hall–Kier alpha value is -1.69. The van der Waals surface area contributed by atoms with Gasteiger partial charge in [0.2, 0.25) is 5.91 Å². The number of carbonyl (C=O) groups excluding carboxylic acids is 1. The number of nitrogens with zero attached hydrogens (tertiary/aromatic N) is 4. The molecule has 2 aliphatic rings. The van der Waals surface area contributed by atoms with E-state index in [1.807, 2.05) is 16.2 Å². The largest absolute Gasteiger partial charge is 0.352 e. The van der Waals surface area contributed by atoms with Gasteiger partial charge in [0, 0.05) is 43.4 Å². The van der Waals surface area contributed by atoms with E-state index in [2.05, 4.69) is 46.4 Å². The zero-order valence-corrected chi connectivity index (χ0v) is 20.9. The van der Waals surface area contributed by atoms with Crippen molar-refractivity contribution in [2.75, 3.05) is 31.1 Å². The van der Waals surface area contributed by atoms with Crippen LogP contribution in [0, 0.1) is 11.3 Å². The molecule has 2 aromatic rings. The smallest absolute Gasteiger partial charge is 0.223 e. The van der Waals surface area contributed by atoms with Crippen LogP contribution in [0.5, 0.6) is 0 Å².